The molecule has 1 aromatic carbocycles. The number of rotatable bonds is 1. The van der Waals surface area contributed by atoms with Crippen LogP contribution < -0.4 is 5.32 Å². The first kappa shape index (κ1) is 11.9. The van der Waals surface area contributed by atoms with Gasteiger partial charge in [0.15, 0.2) is 0 Å². The van der Waals surface area contributed by atoms with Crippen LogP contribution in [0.5, 0.6) is 0 Å². The molecule has 1 saturated heterocycles. The maximum atomic E-state index is 6.07. The lowest BCUT2D eigenvalue weighted by Gasteiger charge is -2.31. The van der Waals surface area contributed by atoms with E-state index in [-0.39, 0.29) is 5.41 Å². The van der Waals surface area contributed by atoms with E-state index in [4.69, 9.17) is 11.6 Å². The van der Waals surface area contributed by atoms with Crippen molar-refractivity contribution in [3.63, 3.8) is 0 Å². The molecule has 0 saturated carbocycles. The Balaban J connectivity index is 2.28. The van der Waals surface area contributed by atoms with E-state index in [1.165, 1.54) is 5.56 Å². The minimum atomic E-state index is 0.149. The molecule has 1 aliphatic heterocycles. The van der Waals surface area contributed by atoms with Gasteiger partial charge in [0.25, 0.3) is 0 Å². The van der Waals surface area contributed by atoms with Gasteiger partial charge in [-0.15, -0.1) is 0 Å². The van der Waals surface area contributed by atoms with E-state index in [2.05, 4.69) is 36.3 Å². The Morgan fingerprint density at radius 2 is 2.25 bits per heavy atom. The van der Waals surface area contributed by atoms with Crippen LogP contribution >= 0.6 is 11.6 Å². The van der Waals surface area contributed by atoms with Gasteiger partial charge in [-0.05, 0) is 24.7 Å². The van der Waals surface area contributed by atoms with Crippen LogP contribution in [-0.2, 0) is 5.41 Å². The van der Waals surface area contributed by atoms with E-state index in [0.29, 0.717) is 0 Å². The number of hydrogen-bond donors (Lipinski definition) is 1. The van der Waals surface area contributed by atoms with E-state index in [0.717, 1.165) is 31.2 Å². The largest absolute Gasteiger partial charge is 0.315 e. The number of nitrogens with one attached hydrogen (secondary N) is 1. The molecule has 0 amide bonds. The minimum Gasteiger partial charge on any atom is -0.315 e. The fourth-order valence-electron chi connectivity index (χ4n) is 2.42. The third kappa shape index (κ3) is 2.57. The average molecular weight is 239 g/mol. The molecule has 1 fully saturated rings. The third-order valence-electron chi connectivity index (χ3n) is 3.33. The fraction of sp³-hybridized carbons (Fsp3) is 0.538. The molecule has 1 N–H and O–H groups in total. The van der Waals surface area contributed by atoms with Crippen LogP contribution in [0.3, 0.4) is 0 Å². The van der Waals surface area contributed by atoms with E-state index in [1.807, 2.05) is 12.1 Å². The molecule has 88 valence electrons. The first-order chi connectivity index (χ1) is 7.60. The zero-order valence-corrected chi connectivity index (χ0v) is 10.7. The molecule has 1 unspecified atom stereocenters. The SMILES string of the molecule is CN1CCNCC(C)(c2cccc(Cl)c2)C1. The Morgan fingerprint density at radius 1 is 1.44 bits per heavy atom. The Morgan fingerprint density at radius 3 is 3.00 bits per heavy atom. The van der Waals surface area contributed by atoms with Crippen LogP contribution in [0.15, 0.2) is 24.3 Å². The van der Waals surface area contributed by atoms with Crippen LogP contribution in [0, 0.1) is 0 Å². The van der Waals surface area contributed by atoms with E-state index >= 15 is 0 Å². The van der Waals surface area contributed by atoms with Gasteiger partial charge in [0.2, 0.25) is 0 Å². The van der Waals surface area contributed by atoms with Crippen LogP contribution in [0.1, 0.15) is 12.5 Å². The molecule has 0 aliphatic carbocycles. The monoisotopic (exact) mass is 238 g/mol. The van der Waals surface area contributed by atoms with Gasteiger partial charge >= 0.3 is 0 Å². The van der Waals surface area contributed by atoms with Crippen molar-refractivity contribution >= 4 is 11.6 Å². The van der Waals surface area contributed by atoms with Crippen LogP contribution in [0.25, 0.3) is 0 Å². The van der Waals surface area contributed by atoms with Crippen molar-refractivity contribution in [1.82, 2.24) is 10.2 Å². The zero-order chi connectivity index (χ0) is 11.6. The molecule has 2 nitrogen and oxygen atoms in total. The second-order valence-corrected chi connectivity index (χ2v) is 5.42. The normalized spacial score (nSPS) is 27.7. The quantitative estimate of drug-likeness (QED) is 0.807. The maximum Gasteiger partial charge on any atom is 0.0408 e. The summed E-state index contributed by atoms with van der Waals surface area (Å²) in [4.78, 5) is 2.38. The van der Waals surface area contributed by atoms with E-state index in [1.54, 1.807) is 0 Å². The Labute approximate surface area is 103 Å². The molecule has 0 aromatic heterocycles. The van der Waals surface area contributed by atoms with Gasteiger partial charge in [-0.1, -0.05) is 30.7 Å². The highest BCUT2D eigenvalue weighted by atomic mass is 35.5. The molecule has 0 spiro atoms. The Bertz CT molecular complexity index is 367. The topological polar surface area (TPSA) is 15.3 Å². The fourth-order valence-corrected chi connectivity index (χ4v) is 2.61. The van der Waals surface area contributed by atoms with Crippen molar-refractivity contribution in [3.8, 4) is 0 Å². The standard InChI is InChI=1S/C13H19ClN2/c1-13(9-15-6-7-16(2)10-13)11-4-3-5-12(14)8-11/h3-5,8,15H,6-7,9-10H2,1-2H3. The molecule has 0 bridgehead atoms. The molecular weight excluding hydrogens is 220 g/mol. The smallest absolute Gasteiger partial charge is 0.0408 e. The highest BCUT2D eigenvalue weighted by Gasteiger charge is 2.29. The molecule has 1 aromatic rings. The number of benzene rings is 1. The van der Waals surface area contributed by atoms with Gasteiger partial charge in [0.05, 0.1) is 0 Å². The third-order valence-corrected chi connectivity index (χ3v) is 3.56. The molecule has 16 heavy (non-hydrogen) atoms. The second-order valence-electron chi connectivity index (χ2n) is 4.99. The summed E-state index contributed by atoms with van der Waals surface area (Å²) < 4.78 is 0. The second kappa shape index (κ2) is 4.74. The van der Waals surface area contributed by atoms with Gasteiger partial charge in [0.1, 0.15) is 0 Å². The maximum absolute atomic E-state index is 6.07. The lowest BCUT2D eigenvalue weighted by Crippen LogP contribution is -2.39. The molecular formula is C13H19ClN2. The summed E-state index contributed by atoms with van der Waals surface area (Å²) >= 11 is 6.07. The summed E-state index contributed by atoms with van der Waals surface area (Å²) in [5, 5.41) is 4.33. The summed E-state index contributed by atoms with van der Waals surface area (Å²) in [7, 11) is 2.18. The summed E-state index contributed by atoms with van der Waals surface area (Å²) in [6.45, 7) is 6.55. The van der Waals surface area contributed by atoms with Crippen molar-refractivity contribution in [3.05, 3.63) is 34.9 Å². The van der Waals surface area contributed by atoms with Crippen molar-refractivity contribution in [2.75, 3.05) is 33.2 Å². The predicted octanol–water partition coefficient (Wildman–Crippen LogP) is 2.13. The number of likely N-dealkylation sites (N-methyl/N-ethyl adjacent to an activating group) is 1. The Kier molecular flexibility index (Phi) is 3.53. The number of halogens is 1. The molecule has 3 heteroatoms. The molecule has 0 radical (unpaired) electrons. The van der Waals surface area contributed by atoms with Crippen LogP contribution in [0.2, 0.25) is 5.02 Å². The first-order valence-corrected chi connectivity index (χ1v) is 6.13. The minimum absolute atomic E-state index is 0.149. The van der Waals surface area contributed by atoms with E-state index < -0.39 is 0 Å². The molecule has 1 heterocycles. The van der Waals surface area contributed by atoms with Gasteiger partial charge < -0.3 is 10.2 Å². The van der Waals surface area contributed by atoms with Crippen LogP contribution in [0.4, 0.5) is 0 Å². The lowest BCUT2D eigenvalue weighted by molar-refractivity contribution is 0.290. The molecule has 1 aliphatic rings. The van der Waals surface area contributed by atoms with Gasteiger partial charge in [-0.2, -0.15) is 0 Å². The summed E-state index contributed by atoms with van der Waals surface area (Å²) in [5.41, 5.74) is 1.47. The van der Waals surface area contributed by atoms with Gasteiger partial charge in [-0.25, -0.2) is 0 Å². The molecule has 1 atom stereocenters. The van der Waals surface area contributed by atoms with Crippen molar-refractivity contribution < 1.29 is 0 Å². The Hall–Kier alpha value is -0.570. The molecule has 2 rings (SSSR count). The summed E-state index contributed by atoms with van der Waals surface area (Å²) in [5.74, 6) is 0. The zero-order valence-electron chi connectivity index (χ0n) is 9.96. The van der Waals surface area contributed by atoms with E-state index in [9.17, 15) is 0 Å². The van der Waals surface area contributed by atoms with Crippen LogP contribution in [-0.4, -0.2) is 38.1 Å². The average Bonchev–Trinajstić information content (AvgIpc) is 2.41. The highest BCUT2D eigenvalue weighted by molar-refractivity contribution is 6.30. The van der Waals surface area contributed by atoms with Crippen molar-refractivity contribution in [1.29, 1.82) is 0 Å². The lowest BCUT2D eigenvalue weighted by atomic mass is 9.82. The first-order valence-electron chi connectivity index (χ1n) is 5.75. The summed E-state index contributed by atoms with van der Waals surface area (Å²) in [6.07, 6.45) is 0. The van der Waals surface area contributed by atoms with Gasteiger partial charge in [0, 0.05) is 36.6 Å². The summed E-state index contributed by atoms with van der Waals surface area (Å²) in [6, 6.07) is 8.23. The highest BCUT2D eigenvalue weighted by Crippen LogP contribution is 2.27. The van der Waals surface area contributed by atoms with Gasteiger partial charge in [-0.3, -0.25) is 0 Å². The number of nitrogens with zero attached hydrogens (tertiary/aromatic N) is 1. The number of hydrogen-bond acceptors (Lipinski definition) is 2. The predicted molar refractivity (Wildman–Crippen MR) is 69.2 cm³/mol. The van der Waals surface area contributed by atoms with Crippen molar-refractivity contribution in [2.24, 2.45) is 0 Å². The van der Waals surface area contributed by atoms with Crippen molar-refractivity contribution in [2.45, 2.75) is 12.3 Å².